The van der Waals surface area contributed by atoms with Crippen LogP contribution in [0.25, 0.3) is 6.08 Å². The van der Waals surface area contributed by atoms with Crippen molar-refractivity contribution in [3.8, 4) is 0 Å². The molecule has 2 heterocycles. The molecular weight excluding hydrogens is 134 g/mol. The van der Waals surface area contributed by atoms with Crippen LogP contribution in [0.15, 0.2) is 30.5 Å². The molecule has 1 aliphatic heterocycles. The Balaban J connectivity index is 2.54. The molecule has 0 saturated heterocycles. The highest BCUT2D eigenvalue weighted by molar-refractivity contribution is 5.41. The third kappa shape index (κ3) is 1.07. The minimum absolute atomic E-state index is 0.621. The fraction of sp³-hybridized carbons (Fsp3) is 0.300. The number of fused-ring (bicyclic) bond motifs is 1. The van der Waals surface area contributed by atoms with Gasteiger partial charge in [-0.15, -0.1) is 0 Å². The lowest BCUT2D eigenvalue weighted by atomic mass is 10.1. The largest absolute Gasteiger partial charge is 0.205 e. The molecule has 0 N–H and O–H groups in total. The Bertz CT molecular complexity index is 289. The van der Waals surface area contributed by atoms with E-state index >= 15 is 0 Å². The van der Waals surface area contributed by atoms with E-state index in [1.807, 2.05) is 0 Å². The lowest BCUT2D eigenvalue weighted by molar-refractivity contribution is -0.722. The smallest absolute Gasteiger partial charge is 0.196 e. The summed E-state index contributed by atoms with van der Waals surface area (Å²) in [4.78, 5) is 0. The first-order valence-electron chi connectivity index (χ1n) is 4.04. The van der Waals surface area contributed by atoms with Crippen LogP contribution >= 0.6 is 0 Å². The highest BCUT2D eigenvalue weighted by Gasteiger charge is 2.17. The third-order valence-electron chi connectivity index (χ3n) is 2.16. The maximum absolute atomic E-state index is 2.31. The van der Waals surface area contributed by atoms with Gasteiger partial charge in [0.25, 0.3) is 0 Å². The average molecular weight is 146 g/mol. The predicted molar refractivity (Wildman–Crippen MR) is 45.0 cm³/mol. The molecule has 1 aliphatic rings. The first-order valence-corrected chi connectivity index (χ1v) is 4.04. The molecule has 0 amide bonds. The third-order valence-corrected chi connectivity index (χ3v) is 2.16. The van der Waals surface area contributed by atoms with Crippen LogP contribution in [0.2, 0.25) is 0 Å². The number of pyridine rings is 1. The van der Waals surface area contributed by atoms with E-state index in [0.29, 0.717) is 6.04 Å². The van der Waals surface area contributed by atoms with E-state index in [-0.39, 0.29) is 0 Å². The van der Waals surface area contributed by atoms with E-state index in [1.165, 1.54) is 5.69 Å². The first-order chi connectivity index (χ1) is 5.38. The van der Waals surface area contributed by atoms with Gasteiger partial charge in [0, 0.05) is 24.6 Å². The van der Waals surface area contributed by atoms with E-state index in [4.69, 9.17) is 0 Å². The van der Waals surface area contributed by atoms with E-state index in [0.717, 1.165) is 6.42 Å². The molecule has 0 spiro atoms. The van der Waals surface area contributed by atoms with Gasteiger partial charge in [-0.1, -0.05) is 6.08 Å². The van der Waals surface area contributed by atoms with Crippen LogP contribution in [0.1, 0.15) is 25.1 Å². The van der Waals surface area contributed by atoms with Gasteiger partial charge in [-0.3, -0.25) is 0 Å². The summed E-state index contributed by atoms with van der Waals surface area (Å²) >= 11 is 0. The summed E-state index contributed by atoms with van der Waals surface area (Å²) in [6.45, 7) is 2.24. The standard InChI is InChI=1S/C10H12N/c1-9-5-4-7-10-6-2-3-8-11(9)10/h2-4,6-9H,5H2,1H3/q+1/t9-/m0/s1. The summed E-state index contributed by atoms with van der Waals surface area (Å²) in [7, 11) is 0. The second-order valence-electron chi connectivity index (χ2n) is 3.02. The molecule has 2 rings (SSSR count). The lowest BCUT2D eigenvalue weighted by Crippen LogP contribution is -2.41. The number of hydrogen-bond donors (Lipinski definition) is 0. The van der Waals surface area contributed by atoms with Crippen molar-refractivity contribution < 1.29 is 4.57 Å². The zero-order chi connectivity index (χ0) is 7.68. The Labute approximate surface area is 67.0 Å². The zero-order valence-corrected chi connectivity index (χ0v) is 6.70. The second-order valence-corrected chi connectivity index (χ2v) is 3.02. The molecule has 0 aromatic carbocycles. The zero-order valence-electron chi connectivity index (χ0n) is 6.70. The van der Waals surface area contributed by atoms with Gasteiger partial charge in [-0.25, -0.2) is 0 Å². The molecule has 1 aromatic heterocycles. The topological polar surface area (TPSA) is 3.88 Å². The molecule has 0 fully saturated rings. The van der Waals surface area contributed by atoms with E-state index in [1.54, 1.807) is 0 Å². The molecular formula is C10H12N+. The summed E-state index contributed by atoms with van der Waals surface area (Å²) < 4.78 is 2.31. The number of hydrogen-bond acceptors (Lipinski definition) is 0. The summed E-state index contributed by atoms with van der Waals surface area (Å²) in [5, 5.41) is 0. The van der Waals surface area contributed by atoms with Gasteiger partial charge in [-0.05, 0) is 13.0 Å². The summed E-state index contributed by atoms with van der Waals surface area (Å²) in [5.41, 5.74) is 1.31. The van der Waals surface area contributed by atoms with Crippen molar-refractivity contribution >= 4 is 6.08 Å². The van der Waals surface area contributed by atoms with Gasteiger partial charge in [0.15, 0.2) is 12.2 Å². The Morgan fingerprint density at radius 1 is 1.45 bits per heavy atom. The van der Waals surface area contributed by atoms with Crippen molar-refractivity contribution in [3.05, 3.63) is 36.2 Å². The highest BCUT2D eigenvalue weighted by atomic mass is 15.0. The van der Waals surface area contributed by atoms with E-state index < -0.39 is 0 Å². The predicted octanol–water partition coefficient (Wildman–Crippen LogP) is 1.95. The van der Waals surface area contributed by atoms with Crippen molar-refractivity contribution in [2.75, 3.05) is 0 Å². The monoisotopic (exact) mass is 146 g/mol. The van der Waals surface area contributed by atoms with Crippen LogP contribution in [0, 0.1) is 0 Å². The quantitative estimate of drug-likeness (QED) is 0.492. The molecule has 0 unspecified atom stereocenters. The fourth-order valence-corrected chi connectivity index (χ4v) is 1.51. The summed E-state index contributed by atoms with van der Waals surface area (Å²) in [5.74, 6) is 0. The molecule has 0 aliphatic carbocycles. The van der Waals surface area contributed by atoms with Crippen LogP contribution in [0.5, 0.6) is 0 Å². The molecule has 56 valence electrons. The van der Waals surface area contributed by atoms with Crippen LogP contribution in [-0.4, -0.2) is 0 Å². The van der Waals surface area contributed by atoms with Crippen molar-refractivity contribution in [3.63, 3.8) is 0 Å². The molecule has 0 radical (unpaired) electrons. The van der Waals surface area contributed by atoms with Gasteiger partial charge < -0.3 is 0 Å². The van der Waals surface area contributed by atoms with Crippen LogP contribution < -0.4 is 4.57 Å². The van der Waals surface area contributed by atoms with E-state index in [2.05, 4.69) is 48.0 Å². The molecule has 1 heteroatoms. The van der Waals surface area contributed by atoms with Gasteiger partial charge >= 0.3 is 0 Å². The van der Waals surface area contributed by atoms with Gasteiger partial charge in [0.05, 0.1) is 0 Å². The van der Waals surface area contributed by atoms with Crippen molar-refractivity contribution in [2.24, 2.45) is 0 Å². The highest BCUT2D eigenvalue weighted by Crippen LogP contribution is 2.11. The minimum Gasteiger partial charge on any atom is -0.196 e. The minimum atomic E-state index is 0.621. The fourth-order valence-electron chi connectivity index (χ4n) is 1.51. The van der Waals surface area contributed by atoms with Gasteiger partial charge in [0.1, 0.15) is 0 Å². The van der Waals surface area contributed by atoms with Crippen LogP contribution in [0.4, 0.5) is 0 Å². The van der Waals surface area contributed by atoms with Crippen LogP contribution in [-0.2, 0) is 0 Å². The SMILES string of the molecule is C[C@H]1CC=Cc2cccc[n+]21. The van der Waals surface area contributed by atoms with Gasteiger partial charge in [0.2, 0.25) is 5.69 Å². The van der Waals surface area contributed by atoms with Crippen LogP contribution in [0.3, 0.4) is 0 Å². The Hall–Kier alpha value is -1.11. The number of nitrogens with zero attached hydrogens (tertiary/aromatic N) is 1. The maximum Gasteiger partial charge on any atom is 0.205 e. The van der Waals surface area contributed by atoms with E-state index in [9.17, 15) is 0 Å². The number of rotatable bonds is 0. The maximum atomic E-state index is 2.31. The number of aromatic nitrogens is 1. The second kappa shape index (κ2) is 2.50. The summed E-state index contributed by atoms with van der Waals surface area (Å²) in [6.07, 6.45) is 7.71. The van der Waals surface area contributed by atoms with Gasteiger partial charge in [-0.2, -0.15) is 4.57 Å². The Morgan fingerprint density at radius 2 is 2.36 bits per heavy atom. The molecule has 0 bridgehead atoms. The molecule has 1 nitrogen and oxygen atoms in total. The Morgan fingerprint density at radius 3 is 3.18 bits per heavy atom. The number of allylic oxidation sites excluding steroid dienone is 1. The Kier molecular flexibility index (Phi) is 1.50. The van der Waals surface area contributed by atoms with Crippen molar-refractivity contribution in [1.82, 2.24) is 0 Å². The normalized spacial score (nSPS) is 21.4. The molecule has 0 saturated carbocycles. The average Bonchev–Trinajstić information content (AvgIpc) is 2.06. The van der Waals surface area contributed by atoms with Crippen molar-refractivity contribution in [1.29, 1.82) is 0 Å². The first kappa shape index (κ1) is 6.59. The summed E-state index contributed by atoms with van der Waals surface area (Å²) in [6, 6.07) is 6.93. The molecule has 1 atom stereocenters. The van der Waals surface area contributed by atoms with Crippen molar-refractivity contribution in [2.45, 2.75) is 19.4 Å². The molecule has 11 heavy (non-hydrogen) atoms. The molecule has 1 aromatic rings. The lowest BCUT2D eigenvalue weighted by Gasteiger charge is -2.10.